The standard InChI is InChI=1S/C20H12FN3O3/c21-15-4-1-12(2-5-15)10-24-11-14(9-22)16-7-13(3-6-18(16)24)19-8-17(20(25)26)23-27-19/h1-8,11H,10H2,(H,25,26). The van der Waals surface area contributed by atoms with Gasteiger partial charge in [-0.05, 0) is 35.9 Å². The highest BCUT2D eigenvalue weighted by molar-refractivity contribution is 5.91. The van der Waals surface area contributed by atoms with E-state index in [2.05, 4.69) is 11.2 Å². The molecule has 2 heterocycles. The molecule has 2 aromatic heterocycles. The first-order valence-corrected chi connectivity index (χ1v) is 8.03. The second-order valence-corrected chi connectivity index (χ2v) is 6.02. The van der Waals surface area contributed by atoms with Crippen molar-refractivity contribution in [1.82, 2.24) is 9.72 Å². The molecule has 0 aliphatic heterocycles. The molecule has 0 radical (unpaired) electrons. The van der Waals surface area contributed by atoms with Crippen LogP contribution >= 0.6 is 0 Å². The van der Waals surface area contributed by atoms with Crippen molar-refractivity contribution in [3.8, 4) is 17.4 Å². The van der Waals surface area contributed by atoms with Crippen molar-refractivity contribution in [2.75, 3.05) is 0 Å². The smallest absolute Gasteiger partial charge is 0.358 e. The third-order valence-corrected chi connectivity index (χ3v) is 4.28. The molecule has 0 amide bonds. The Kier molecular flexibility index (Phi) is 3.94. The number of rotatable bonds is 4. The van der Waals surface area contributed by atoms with Crippen LogP contribution in [0.3, 0.4) is 0 Å². The normalized spacial score (nSPS) is 10.8. The molecule has 0 aliphatic carbocycles. The Bertz CT molecular complexity index is 1200. The van der Waals surface area contributed by atoms with E-state index < -0.39 is 5.97 Å². The number of nitriles is 1. The average Bonchev–Trinajstić information content (AvgIpc) is 3.29. The van der Waals surface area contributed by atoms with Crippen LogP contribution in [-0.4, -0.2) is 20.8 Å². The van der Waals surface area contributed by atoms with E-state index in [1.807, 2.05) is 10.6 Å². The van der Waals surface area contributed by atoms with Crippen LogP contribution in [-0.2, 0) is 6.54 Å². The van der Waals surface area contributed by atoms with Crippen LogP contribution in [0.4, 0.5) is 4.39 Å². The third kappa shape index (κ3) is 3.04. The molecule has 0 spiro atoms. The molecule has 2 aromatic carbocycles. The fourth-order valence-electron chi connectivity index (χ4n) is 2.97. The first-order chi connectivity index (χ1) is 13.0. The fourth-order valence-corrected chi connectivity index (χ4v) is 2.97. The van der Waals surface area contributed by atoms with Gasteiger partial charge >= 0.3 is 5.97 Å². The highest BCUT2D eigenvalue weighted by atomic mass is 19.1. The molecule has 0 saturated carbocycles. The van der Waals surface area contributed by atoms with E-state index in [4.69, 9.17) is 9.63 Å². The Morgan fingerprint density at radius 1 is 1.22 bits per heavy atom. The van der Waals surface area contributed by atoms with Gasteiger partial charge in [-0.15, -0.1) is 0 Å². The number of carbonyl (C=O) groups is 1. The van der Waals surface area contributed by atoms with Gasteiger partial charge in [0.2, 0.25) is 0 Å². The molecule has 1 N–H and O–H groups in total. The summed E-state index contributed by atoms with van der Waals surface area (Å²) in [5, 5.41) is 22.7. The molecule has 0 aliphatic rings. The molecule has 0 atom stereocenters. The Hall–Kier alpha value is -3.92. The molecule has 4 aromatic rings. The molecule has 0 saturated heterocycles. The molecule has 0 fully saturated rings. The predicted molar refractivity (Wildman–Crippen MR) is 94.6 cm³/mol. The Labute approximate surface area is 152 Å². The first kappa shape index (κ1) is 16.5. The number of carboxylic acids is 1. The SMILES string of the molecule is N#Cc1cn(Cc2ccc(F)cc2)c2ccc(-c3cc(C(=O)O)no3)cc12. The van der Waals surface area contributed by atoms with Crippen LogP contribution in [0, 0.1) is 17.1 Å². The number of benzene rings is 2. The van der Waals surface area contributed by atoms with E-state index in [0.29, 0.717) is 28.8 Å². The Morgan fingerprint density at radius 2 is 2.00 bits per heavy atom. The van der Waals surface area contributed by atoms with Gasteiger partial charge in [0.15, 0.2) is 11.5 Å². The quantitative estimate of drug-likeness (QED) is 0.592. The number of carboxylic acid groups (broad SMARTS) is 1. The van der Waals surface area contributed by atoms with Crippen molar-refractivity contribution in [3.63, 3.8) is 0 Å². The topological polar surface area (TPSA) is 92.0 Å². The third-order valence-electron chi connectivity index (χ3n) is 4.28. The van der Waals surface area contributed by atoms with Crippen LogP contribution in [0.2, 0.25) is 0 Å². The highest BCUT2D eigenvalue weighted by Crippen LogP contribution is 2.29. The molecule has 0 unspecified atom stereocenters. The van der Waals surface area contributed by atoms with Gasteiger partial charge in [-0.1, -0.05) is 17.3 Å². The van der Waals surface area contributed by atoms with Gasteiger partial charge in [-0.25, -0.2) is 9.18 Å². The zero-order valence-corrected chi connectivity index (χ0v) is 13.9. The summed E-state index contributed by atoms with van der Waals surface area (Å²) in [7, 11) is 0. The molecule has 4 rings (SSSR count). The minimum atomic E-state index is -1.17. The van der Waals surface area contributed by atoms with Crippen molar-refractivity contribution < 1.29 is 18.8 Å². The second-order valence-electron chi connectivity index (χ2n) is 6.02. The maximum absolute atomic E-state index is 13.1. The summed E-state index contributed by atoms with van der Waals surface area (Å²) >= 11 is 0. The Morgan fingerprint density at radius 3 is 2.67 bits per heavy atom. The van der Waals surface area contributed by atoms with Gasteiger partial charge in [0.1, 0.15) is 11.9 Å². The molecule has 132 valence electrons. The minimum absolute atomic E-state index is 0.181. The highest BCUT2D eigenvalue weighted by Gasteiger charge is 2.15. The summed E-state index contributed by atoms with van der Waals surface area (Å²) in [5.74, 6) is -1.16. The number of aromatic nitrogens is 2. The molecular formula is C20H12FN3O3. The van der Waals surface area contributed by atoms with Crippen LogP contribution in [0.25, 0.3) is 22.2 Å². The van der Waals surface area contributed by atoms with Crippen LogP contribution in [0.15, 0.2) is 59.3 Å². The van der Waals surface area contributed by atoms with E-state index in [1.165, 1.54) is 18.2 Å². The lowest BCUT2D eigenvalue weighted by molar-refractivity contribution is 0.0686. The van der Waals surface area contributed by atoms with Crippen molar-refractivity contribution in [1.29, 1.82) is 5.26 Å². The fraction of sp³-hybridized carbons (Fsp3) is 0.0500. The van der Waals surface area contributed by atoms with Crippen LogP contribution < -0.4 is 0 Å². The van der Waals surface area contributed by atoms with Gasteiger partial charge in [0.25, 0.3) is 0 Å². The largest absolute Gasteiger partial charge is 0.476 e. The first-order valence-electron chi connectivity index (χ1n) is 8.03. The van der Waals surface area contributed by atoms with Crippen molar-refractivity contribution in [2.45, 2.75) is 6.54 Å². The number of nitrogens with zero attached hydrogens (tertiary/aromatic N) is 3. The van der Waals surface area contributed by atoms with E-state index in [0.717, 1.165) is 11.1 Å². The van der Waals surface area contributed by atoms with Gasteiger partial charge < -0.3 is 14.2 Å². The number of fused-ring (bicyclic) bond motifs is 1. The Balaban J connectivity index is 1.76. The van der Waals surface area contributed by atoms with E-state index >= 15 is 0 Å². The zero-order chi connectivity index (χ0) is 19.0. The van der Waals surface area contributed by atoms with Crippen molar-refractivity contribution in [2.24, 2.45) is 0 Å². The maximum Gasteiger partial charge on any atom is 0.358 e. The molecule has 0 bridgehead atoms. The summed E-state index contributed by atoms with van der Waals surface area (Å²) in [6.07, 6.45) is 1.74. The van der Waals surface area contributed by atoms with Gasteiger partial charge in [0, 0.05) is 35.3 Å². The van der Waals surface area contributed by atoms with E-state index in [-0.39, 0.29) is 11.5 Å². The summed E-state index contributed by atoms with van der Waals surface area (Å²) < 4.78 is 20.1. The van der Waals surface area contributed by atoms with Crippen LogP contribution in [0.5, 0.6) is 0 Å². The van der Waals surface area contributed by atoms with E-state index in [1.54, 1.807) is 30.5 Å². The molecular weight excluding hydrogens is 349 g/mol. The van der Waals surface area contributed by atoms with Gasteiger partial charge in [-0.2, -0.15) is 5.26 Å². The molecule has 27 heavy (non-hydrogen) atoms. The van der Waals surface area contributed by atoms with Gasteiger partial charge in [-0.3, -0.25) is 0 Å². The van der Waals surface area contributed by atoms with Crippen molar-refractivity contribution in [3.05, 3.63) is 77.4 Å². The molecule has 6 nitrogen and oxygen atoms in total. The lowest BCUT2D eigenvalue weighted by Crippen LogP contribution is -1.97. The minimum Gasteiger partial charge on any atom is -0.476 e. The number of hydrogen-bond acceptors (Lipinski definition) is 4. The van der Waals surface area contributed by atoms with Crippen molar-refractivity contribution >= 4 is 16.9 Å². The number of hydrogen-bond donors (Lipinski definition) is 1. The molecule has 7 heteroatoms. The summed E-state index contributed by atoms with van der Waals surface area (Å²) in [6, 6.07) is 15.1. The van der Waals surface area contributed by atoms with Gasteiger partial charge in [0.05, 0.1) is 5.56 Å². The zero-order valence-electron chi connectivity index (χ0n) is 13.9. The average molecular weight is 361 g/mol. The lowest BCUT2D eigenvalue weighted by Gasteiger charge is -2.06. The maximum atomic E-state index is 13.1. The van der Waals surface area contributed by atoms with Crippen LogP contribution in [0.1, 0.15) is 21.6 Å². The summed E-state index contributed by atoms with van der Waals surface area (Å²) in [4.78, 5) is 11.0. The predicted octanol–water partition coefficient (Wildman–Crippen LogP) is 4.05. The monoisotopic (exact) mass is 361 g/mol. The summed E-state index contributed by atoms with van der Waals surface area (Å²) in [6.45, 7) is 0.489. The number of aromatic carboxylic acids is 1. The summed E-state index contributed by atoms with van der Waals surface area (Å²) in [5.41, 5.74) is 2.66. The second kappa shape index (κ2) is 6.42. The number of halogens is 1. The lowest BCUT2D eigenvalue weighted by atomic mass is 10.1. The van der Waals surface area contributed by atoms with E-state index in [9.17, 15) is 14.4 Å².